The minimum absolute atomic E-state index is 0.116. The molecule has 0 aromatic heterocycles. The number of nitrogen functional groups attached to an aromatic ring is 1. The second-order valence-electron chi connectivity index (χ2n) is 4.04. The van der Waals surface area contributed by atoms with Gasteiger partial charge in [-0.1, -0.05) is 0 Å². The zero-order chi connectivity index (χ0) is 13.8. The van der Waals surface area contributed by atoms with E-state index >= 15 is 0 Å². The van der Waals surface area contributed by atoms with E-state index < -0.39 is 15.1 Å². The van der Waals surface area contributed by atoms with Crippen molar-refractivity contribution in [3.8, 4) is 5.75 Å². The number of rotatable bonds is 6. The van der Waals surface area contributed by atoms with Crippen molar-refractivity contribution in [1.29, 1.82) is 0 Å². The molecule has 1 aromatic carbocycles. The van der Waals surface area contributed by atoms with Gasteiger partial charge in [-0.15, -0.1) is 0 Å². The van der Waals surface area contributed by atoms with E-state index in [2.05, 4.69) is 0 Å². The van der Waals surface area contributed by atoms with E-state index in [0.717, 1.165) is 0 Å². The summed E-state index contributed by atoms with van der Waals surface area (Å²) in [5.74, 6) is 0.474. The van der Waals surface area contributed by atoms with Crippen LogP contribution in [0.1, 0.15) is 13.3 Å². The molecule has 5 nitrogen and oxygen atoms in total. The van der Waals surface area contributed by atoms with Gasteiger partial charge in [0.2, 0.25) is 0 Å². The Labute approximate surface area is 108 Å². The van der Waals surface area contributed by atoms with Crippen LogP contribution >= 0.6 is 0 Å². The summed E-state index contributed by atoms with van der Waals surface area (Å²) >= 11 is 0. The highest BCUT2D eigenvalue weighted by Gasteiger charge is 2.25. The maximum absolute atomic E-state index is 12.3. The molecule has 102 valence electrons. The average Bonchev–Trinajstić information content (AvgIpc) is 2.36. The highest BCUT2D eigenvalue weighted by Crippen LogP contribution is 2.28. The minimum atomic E-state index is -3.46. The molecule has 0 bridgehead atoms. The molecule has 0 amide bonds. The fourth-order valence-corrected chi connectivity index (χ4v) is 3.06. The molecule has 0 aliphatic rings. The topological polar surface area (TPSA) is 78.6 Å². The maximum atomic E-state index is 12.3. The normalized spacial score (nSPS) is 13.3. The molecule has 0 saturated carbocycles. The summed E-state index contributed by atoms with van der Waals surface area (Å²) in [6.07, 6.45) is 0.426. The third-order valence-electron chi connectivity index (χ3n) is 2.79. The van der Waals surface area contributed by atoms with Gasteiger partial charge >= 0.3 is 0 Å². The molecule has 0 fully saturated rings. The van der Waals surface area contributed by atoms with Crippen molar-refractivity contribution in [3.63, 3.8) is 0 Å². The monoisotopic (exact) mass is 273 g/mol. The van der Waals surface area contributed by atoms with Gasteiger partial charge < -0.3 is 15.2 Å². The molecule has 0 radical (unpaired) electrons. The fourth-order valence-electron chi connectivity index (χ4n) is 1.54. The van der Waals surface area contributed by atoms with Crippen LogP contribution in [0, 0.1) is 0 Å². The van der Waals surface area contributed by atoms with Crippen LogP contribution < -0.4 is 10.5 Å². The SMILES string of the molecule is COCCC(C)S(=O)(=O)c1cc(OC)ccc1N. The minimum Gasteiger partial charge on any atom is -0.497 e. The lowest BCUT2D eigenvalue weighted by Gasteiger charge is -2.15. The van der Waals surface area contributed by atoms with Crippen LogP contribution in [0.3, 0.4) is 0 Å². The number of methoxy groups -OCH3 is 2. The Balaban J connectivity index is 3.11. The molecule has 6 heteroatoms. The van der Waals surface area contributed by atoms with Gasteiger partial charge in [0.05, 0.1) is 22.9 Å². The number of ether oxygens (including phenoxy) is 2. The van der Waals surface area contributed by atoms with Gasteiger partial charge in [-0.2, -0.15) is 0 Å². The summed E-state index contributed by atoms with van der Waals surface area (Å²) in [6, 6.07) is 4.62. The van der Waals surface area contributed by atoms with Crippen LogP contribution in [0.4, 0.5) is 5.69 Å². The second kappa shape index (κ2) is 6.06. The number of sulfone groups is 1. The van der Waals surface area contributed by atoms with E-state index in [-0.39, 0.29) is 10.6 Å². The lowest BCUT2D eigenvalue weighted by molar-refractivity contribution is 0.194. The third-order valence-corrected chi connectivity index (χ3v) is 5.05. The first-order chi connectivity index (χ1) is 8.43. The van der Waals surface area contributed by atoms with Crippen molar-refractivity contribution in [2.24, 2.45) is 0 Å². The van der Waals surface area contributed by atoms with E-state index in [1.807, 2.05) is 0 Å². The predicted octanol–water partition coefficient (Wildman–Crippen LogP) is 1.48. The van der Waals surface area contributed by atoms with Gasteiger partial charge in [-0.05, 0) is 25.5 Å². The zero-order valence-corrected chi connectivity index (χ0v) is 11.7. The lowest BCUT2D eigenvalue weighted by atomic mass is 10.3. The molecular formula is C12H19NO4S. The second-order valence-corrected chi connectivity index (χ2v) is 6.38. The first kappa shape index (κ1) is 14.8. The molecule has 0 saturated heterocycles. The molecule has 0 aliphatic carbocycles. The molecule has 18 heavy (non-hydrogen) atoms. The molecule has 0 spiro atoms. The standard InChI is InChI=1S/C12H19NO4S/c1-9(6-7-16-2)18(14,15)12-8-10(17-3)4-5-11(12)13/h4-5,8-9H,6-7,13H2,1-3H3. The van der Waals surface area contributed by atoms with Crippen molar-refractivity contribution in [1.82, 2.24) is 0 Å². The van der Waals surface area contributed by atoms with Gasteiger partial charge in [0.15, 0.2) is 9.84 Å². The van der Waals surface area contributed by atoms with E-state index in [1.165, 1.54) is 19.2 Å². The summed E-state index contributed by atoms with van der Waals surface area (Å²) in [7, 11) is -0.436. The largest absolute Gasteiger partial charge is 0.497 e. The smallest absolute Gasteiger partial charge is 0.183 e. The number of anilines is 1. The summed E-state index contributed by atoms with van der Waals surface area (Å²) in [5, 5.41) is -0.549. The van der Waals surface area contributed by atoms with Gasteiger partial charge in [-0.25, -0.2) is 8.42 Å². The lowest BCUT2D eigenvalue weighted by Crippen LogP contribution is -2.20. The van der Waals surface area contributed by atoms with Crippen LogP contribution in [0.5, 0.6) is 5.75 Å². The van der Waals surface area contributed by atoms with Crippen molar-refractivity contribution < 1.29 is 17.9 Å². The molecule has 2 N–H and O–H groups in total. The quantitative estimate of drug-likeness (QED) is 0.794. The summed E-state index contributed by atoms with van der Waals surface area (Å²) in [4.78, 5) is 0.116. The number of nitrogens with two attached hydrogens (primary N) is 1. The molecule has 1 aromatic rings. The number of benzene rings is 1. The molecular weight excluding hydrogens is 254 g/mol. The summed E-state index contributed by atoms with van der Waals surface area (Å²) < 4.78 is 34.6. The number of hydrogen-bond donors (Lipinski definition) is 1. The Hall–Kier alpha value is -1.27. The molecule has 0 aliphatic heterocycles. The van der Waals surface area contributed by atoms with Crippen molar-refractivity contribution in [2.45, 2.75) is 23.5 Å². The van der Waals surface area contributed by atoms with Crippen LogP contribution in [-0.4, -0.2) is 34.5 Å². The van der Waals surface area contributed by atoms with E-state index in [4.69, 9.17) is 15.2 Å². The fraction of sp³-hybridized carbons (Fsp3) is 0.500. The van der Waals surface area contributed by atoms with Crippen LogP contribution in [0.25, 0.3) is 0 Å². The summed E-state index contributed by atoms with van der Waals surface area (Å²) in [5.41, 5.74) is 5.97. The Morgan fingerprint density at radius 3 is 2.56 bits per heavy atom. The van der Waals surface area contributed by atoms with Crippen molar-refractivity contribution in [2.75, 3.05) is 26.6 Å². The van der Waals surface area contributed by atoms with Gasteiger partial charge in [0.1, 0.15) is 5.75 Å². The Kier molecular flexibility index (Phi) is 4.98. The van der Waals surface area contributed by atoms with Crippen LogP contribution in [0.15, 0.2) is 23.1 Å². The highest BCUT2D eigenvalue weighted by molar-refractivity contribution is 7.92. The van der Waals surface area contributed by atoms with E-state index in [1.54, 1.807) is 20.1 Å². The Morgan fingerprint density at radius 1 is 1.33 bits per heavy atom. The molecule has 1 rings (SSSR count). The van der Waals surface area contributed by atoms with Crippen molar-refractivity contribution >= 4 is 15.5 Å². The predicted molar refractivity (Wildman–Crippen MR) is 70.5 cm³/mol. The average molecular weight is 273 g/mol. The maximum Gasteiger partial charge on any atom is 0.183 e. The van der Waals surface area contributed by atoms with Crippen LogP contribution in [-0.2, 0) is 14.6 Å². The van der Waals surface area contributed by atoms with E-state index in [0.29, 0.717) is 18.8 Å². The summed E-state index contributed by atoms with van der Waals surface area (Å²) in [6.45, 7) is 2.04. The van der Waals surface area contributed by atoms with Gasteiger partial charge in [0, 0.05) is 19.8 Å². The van der Waals surface area contributed by atoms with Gasteiger partial charge in [-0.3, -0.25) is 0 Å². The van der Waals surface area contributed by atoms with Crippen molar-refractivity contribution in [3.05, 3.63) is 18.2 Å². The Bertz CT molecular complexity index is 499. The van der Waals surface area contributed by atoms with Crippen LogP contribution in [0.2, 0.25) is 0 Å². The molecule has 1 unspecified atom stereocenters. The molecule has 0 heterocycles. The third kappa shape index (κ3) is 3.14. The van der Waals surface area contributed by atoms with Gasteiger partial charge in [0.25, 0.3) is 0 Å². The first-order valence-electron chi connectivity index (χ1n) is 5.59. The highest BCUT2D eigenvalue weighted by atomic mass is 32.2. The molecule has 1 atom stereocenters. The Morgan fingerprint density at radius 2 is 2.00 bits per heavy atom. The first-order valence-corrected chi connectivity index (χ1v) is 7.14. The number of hydrogen-bond acceptors (Lipinski definition) is 5. The zero-order valence-electron chi connectivity index (χ0n) is 10.8. The van der Waals surface area contributed by atoms with E-state index in [9.17, 15) is 8.42 Å².